The van der Waals surface area contributed by atoms with E-state index in [0.717, 1.165) is 13.1 Å². The van der Waals surface area contributed by atoms with Gasteiger partial charge in [0.1, 0.15) is 0 Å². The molecule has 2 N–H and O–H groups in total. The molecule has 12 heavy (non-hydrogen) atoms. The normalized spacial score (nSPS) is 25.8. The number of nitrogens with one attached hydrogen (secondary N) is 2. The fraction of sp³-hybridized carbons (Fsp3) is 1.00. The van der Waals surface area contributed by atoms with E-state index in [4.69, 9.17) is 0 Å². The fourth-order valence-electron chi connectivity index (χ4n) is 1.26. The van der Waals surface area contributed by atoms with Crippen molar-refractivity contribution in [2.45, 2.75) is 25.1 Å². The number of hydrogen-bond donors (Lipinski definition) is 2. The smallest absolute Gasteiger partial charge is 0.314 e. The van der Waals surface area contributed by atoms with Crippen molar-refractivity contribution in [1.82, 2.24) is 10.6 Å². The standard InChI is InChI=1S/C7H13F3N2/c8-7(9,10)2-1-6-5-11-3-4-12-6/h6,11-12H,1-5H2. The minimum atomic E-state index is -4.01. The molecule has 0 amide bonds. The Balaban J connectivity index is 2.13. The van der Waals surface area contributed by atoms with Crippen molar-refractivity contribution < 1.29 is 13.2 Å². The van der Waals surface area contributed by atoms with Gasteiger partial charge in [-0.3, -0.25) is 0 Å². The van der Waals surface area contributed by atoms with Crippen LogP contribution < -0.4 is 10.6 Å². The van der Waals surface area contributed by atoms with Gasteiger partial charge in [0.2, 0.25) is 0 Å². The number of alkyl halides is 3. The summed E-state index contributed by atoms with van der Waals surface area (Å²) in [5.41, 5.74) is 0. The molecule has 0 saturated carbocycles. The minimum Gasteiger partial charge on any atom is -0.314 e. The van der Waals surface area contributed by atoms with Gasteiger partial charge in [-0.25, -0.2) is 0 Å². The fourth-order valence-corrected chi connectivity index (χ4v) is 1.26. The zero-order valence-electron chi connectivity index (χ0n) is 6.75. The van der Waals surface area contributed by atoms with E-state index < -0.39 is 12.6 Å². The van der Waals surface area contributed by atoms with Crippen molar-refractivity contribution in [3.8, 4) is 0 Å². The predicted octanol–water partition coefficient (Wildman–Crippen LogP) is 0.890. The van der Waals surface area contributed by atoms with Gasteiger partial charge in [-0.15, -0.1) is 0 Å². The highest BCUT2D eigenvalue weighted by Crippen LogP contribution is 2.22. The molecule has 1 fully saturated rings. The summed E-state index contributed by atoms with van der Waals surface area (Å²) in [4.78, 5) is 0. The Morgan fingerprint density at radius 3 is 2.50 bits per heavy atom. The zero-order valence-corrected chi connectivity index (χ0v) is 6.75. The van der Waals surface area contributed by atoms with Crippen LogP contribution in [0.3, 0.4) is 0 Å². The van der Waals surface area contributed by atoms with Crippen LogP contribution in [0.2, 0.25) is 0 Å². The first-order valence-corrected chi connectivity index (χ1v) is 4.09. The molecule has 0 spiro atoms. The maximum absolute atomic E-state index is 11.8. The Morgan fingerprint density at radius 1 is 1.25 bits per heavy atom. The molecule has 0 aromatic rings. The first-order valence-electron chi connectivity index (χ1n) is 4.09. The van der Waals surface area contributed by atoms with Gasteiger partial charge in [0.25, 0.3) is 0 Å². The lowest BCUT2D eigenvalue weighted by Gasteiger charge is -2.24. The Kier molecular flexibility index (Phi) is 3.34. The number of piperazine rings is 1. The molecular weight excluding hydrogens is 169 g/mol. The summed E-state index contributed by atoms with van der Waals surface area (Å²) < 4.78 is 35.3. The minimum absolute atomic E-state index is 0.0135. The Morgan fingerprint density at radius 2 is 2.00 bits per heavy atom. The van der Waals surface area contributed by atoms with E-state index in [9.17, 15) is 13.2 Å². The van der Waals surface area contributed by atoms with E-state index in [-0.39, 0.29) is 12.5 Å². The lowest BCUT2D eigenvalue weighted by atomic mass is 10.1. The van der Waals surface area contributed by atoms with Gasteiger partial charge in [0, 0.05) is 32.1 Å². The quantitative estimate of drug-likeness (QED) is 0.662. The third-order valence-electron chi connectivity index (χ3n) is 1.90. The van der Waals surface area contributed by atoms with Crippen molar-refractivity contribution in [2.24, 2.45) is 0 Å². The van der Waals surface area contributed by atoms with E-state index >= 15 is 0 Å². The lowest BCUT2D eigenvalue weighted by Crippen LogP contribution is -2.48. The van der Waals surface area contributed by atoms with Gasteiger partial charge < -0.3 is 10.6 Å². The van der Waals surface area contributed by atoms with Crippen molar-refractivity contribution in [3.63, 3.8) is 0 Å². The van der Waals surface area contributed by atoms with Crippen LogP contribution in [0, 0.1) is 0 Å². The topological polar surface area (TPSA) is 24.1 Å². The summed E-state index contributed by atoms with van der Waals surface area (Å²) >= 11 is 0. The molecule has 0 radical (unpaired) electrons. The molecule has 0 aromatic carbocycles. The molecule has 1 atom stereocenters. The molecule has 0 aliphatic carbocycles. The lowest BCUT2D eigenvalue weighted by molar-refractivity contribution is -0.136. The molecule has 1 saturated heterocycles. The molecule has 1 heterocycles. The van der Waals surface area contributed by atoms with Crippen LogP contribution in [0.25, 0.3) is 0 Å². The Labute approximate surface area is 69.5 Å². The summed E-state index contributed by atoms with van der Waals surface area (Å²) in [5.74, 6) is 0. The Bertz CT molecular complexity index is 129. The van der Waals surface area contributed by atoms with Crippen molar-refractivity contribution in [2.75, 3.05) is 19.6 Å². The largest absolute Gasteiger partial charge is 0.389 e. The first kappa shape index (κ1) is 9.80. The summed E-state index contributed by atoms with van der Waals surface area (Å²) in [5, 5.41) is 6.07. The molecule has 0 bridgehead atoms. The van der Waals surface area contributed by atoms with Crippen LogP contribution >= 0.6 is 0 Å². The van der Waals surface area contributed by atoms with Crippen molar-refractivity contribution in [3.05, 3.63) is 0 Å². The molecular formula is C7H13F3N2. The molecule has 1 unspecified atom stereocenters. The maximum atomic E-state index is 11.8. The molecule has 1 aliphatic heterocycles. The second-order valence-corrected chi connectivity index (χ2v) is 3.01. The molecule has 2 nitrogen and oxygen atoms in total. The third kappa shape index (κ3) is 3.92. The monoisotopic (exact) mass is 182 g/mol. The van der Waals surface area contributed by atoms with Gasteiger partial charge in [-0.05, 0) is 6.42 Å². The zero-order chi connectivity index (χ0) is 9.03. The molecule has 72 valence electrons. The van der Waals surface area contributed by atoms with Gasteiger partial charge >= 0.3 is 6.18 Å². The van der Waals surface area contributed by atoms with E-state index in [0.29, 0.717) is 6.54 Å². The van der Waals surface area contributed by atoms with Gasteiger partial charge in [0.15, 0.2) is 0 Å². The van der Waals surface area contributed by atoms with Gasteiger partial charge in [-0.1, -0.05) is 0 Å². The van der Waals surface area contributed by atoms with Crippen LogP contribution in [0.4, 0.5) is 13.2 Å². The van der Waals surface area contributed by atoms with Crippen molar-refractivity contribution in [1.29, 1.82) is 0 Å². The second kappa shape index (κ2) is 4.09. The highest BCUT2D eigenvalue weighted by molar-refractivity contribution is 4.75. The maximum Gasteiger partial charge on any atom is 0.389 e. The van der Waals surface area contributed by atoms with Gasteiger partial charge in [0.05, 0.1) is 0 Å². The number of hydrogen-bond acceptors (Lipinski definition) is 2. The van der Waals surface area contributed by atoms with Crippen LogP contribution in [0.15, 0.2) is 0 Å². The summed E-state index contributed by atoms with van der Waals surface area (Å²) in [6.45, 7) is 2.27. The average molecular weight is 182 g/mol. The number of halogens is 3. The van der Waals surface area contributed by atoms with E-state index in [2.05, 4.69) is 10.6 Å². The average Bonchev–Trinajstić information content (AvgIpc) is 2.02. The van der Waals surface area contributed by atoms with Crippen LogP contribution in [0.5, 0.6) is 0 Å². The predicted molar refractivity (Wildman–Crippen MR) is 39.9 cm³/mol. The van der Waals surface area contributed by atoms with E-state index in [1.165, 1.54) is 0 Å². The third-order valence-corrected chi connectivity index (χ3v) is 1.90. The van der Waals surface area contributed by atoms with Crippen LogP contribution in [-0.4, -0.2) is 31.9 Å². The summed E-state index contributed by atoms with van der Waals surface area (Å²) in [6, 6.07) is -0.0135. The summed E-state index contributed by atoms with van der Waals surface area (Å²) in [7, 11) is 0. The van der Waals surface area contributed by atoms with Crippen molar-refractivity contribution >= 4 is 0 Å². The summed E-state index contributed by atoms with van der Waals surface area (Å²) in [6.07, 6.45) is -4.53. The molecule has 0 aromatic heterocycles. The van der Waals surface area contributed by atoms with E-state index in [1.807, 2.05) is 0 Å². The van der Waals surface area contributed by atoms with E-state index in [1.54, 1.807) is 0 Å². The molecule has 1 aliphatic rings. The Hall–Kier alpha value is -0.290. The number of rotatable bonds is 2. The highest BCUT2D eigenvalue weighted by atomic mass is 19.4. The highest BCUT2D eigenvalue weighted by Gasteiger charge is 2.28. The first-order chi connectivity index (χ1) is 5.58. The second-order valence-electron chi connectivity index (χ2n) is 3.01. The van der Waals surface area contributed by atoms with Crippen LogP contribution in [0.1, 0.15) is 12.8 Å². The SMILES string of the molecule is FC(F)(F)CCC1CNCCN1. The molecule has 5 heteroatoms. The van der Waals surface area contributed by atoms with Gasteiger partial charge in [-0.2, -0.15) is 13.2 Å². The van der Waals surface area contributed by atoms with Crippen LogP contribution in [-0.2, 0) is 0 Å². The molecule has 1 rings (SSSR count).